The van der Waals surface area contributed by atoms with Gasteiger partial charge in [-0.05, 0) is 18.6 Å². The van der Waals surface area contributed by atoms with Gasteiger partial charge in [-0.15, -0.1) is 0 Å². The van der Waals surface area contributed by atoms with E-state index in [4.69, 9.17) is 14.2 Å². The summed E-state index contributed by atoms with van der Waals surface area (Å²) in [5, 5.41) is 0. The number of carbonyl (C=O) groups is 1. The molecule has 0 saturated heterocycles. The van der Waals surface area contributed by atoms with E-state index in [1.54, 1.807) is 19.2 Å². The van der Waals surface area contributed by atoms with Crippen LogP contribution in [0, 0.1) is 0 Å². The molecule has 17 heavy (non-hydrogen) atoms. The molecular formula is C13H18O4. The van der Waals surface area contributed by atoms with Crippen LogP contribution in [0.4, 0.5) is 0 Å². The van der Waals surface area contributed by atoms with Crippen LogP contribution in [0.1, 0.15) is 19.8 Å². The Balaban J connectivity index is 2.36. The molecule has 0 spiro atoms. The van der Waals surface area contributed by atoms with Crippen LogP contribution in [-0.2, 0) is 9.53 Å². The van der Waals surface area contributed by atoms with Crippen molar-refractivity contribution in [2.24, 2.45) is 0 Å². The van der Waals surface area contributed by atoms with E-state index in [-0.39, 0.29) is 12.6 Å². The lowest BCUT2D eigenvalue weighted by atomic mass is 10.3. The van der Waals surface area contributed by atoms with Crippen LogP contribution in [0.3, 0.4) is 0 Å². The monoisotopic (exact) mass is 238 g/mol. The quantitative estimate of drug-likeness (QED) is 0.540. The van der Waals surface area contributed by atoms with Gasteiger partial charge in [0.25, 0.3) is 0 Å². The number of hydrogen-bond donors (Lipinski definition) is 0. The molecule has 0 aliphatic heterocycles. The minimum Gasteiger partial charge on any atom is -0.493 e. The van der Waals surface area contributed by atoms with Gasteiger partial charge in [0.2, 0.25) is 0 Å². The lowest BCUT2D eigenvalue weighted by Crippen LogP contribution is -2.15. The van der Waals surface area contributed by atoms with E-state index in [0.717, 1.165) is 12.8 Å². The fraction of sp³-hybridized carbons (Fsp3) is 0.462. The summed E-state index contributed by atoms with van der Waals surface area (Å²) in [5.74, 6) is 0.792. The van der Waals surface area contributed by atoms with E-state index >= 15 is 0 Å². The number of methoxy groups -OCH3 is 1. The normalized spacial score (nSPS) is 9.76. The summed E-state index contributed by atoms with van der Waals surface area (Å²) in [7, 11) is 1.56. The molecule has 4 heteroatoms. The van der Waals surface area contributed by atoms with Gasteiger partial charge < -0.3 is 14.2 Å². The first kappa shape index (κ1) is 13.4. The zero-order chi connectivity index (χ0) is 12.5. The summed E-state index contributed by atoms with van der Waals surface area (Å²) >= 11 is 0. The van der Waals surface area contributed by atoms with Crippen molar-refractivity contribution in [2.75, 3.05) is 20.3 Å². The number of para-hydroxylation sites is 2. The molecule has 0 aliphatic rings. The number of benzene rings is 1. The SMILES string of the molecule is CCCCOC(=O)COc1ccccc1OC. The number of carbonyl (C=O) groups excluding carboxylic acids is 1. The first-order chi connectivity index (χ1) is 8.27. The second-order valence-electron chi connectivity index (χ2n) is 3.51. The average molecular weight is 238 g/mol. The van der Waals surface area contributed by atoms with Crippen molar-refractivity contribution in [3.05, 3.63) is 24.3 Å². The van der Waals surface area contributed by atoms with Crippen LogP contribution in [-0.4, -0.2) is 26.3 Å². The molecule has 94 valence electrons. The Morgan fingerprint density at radius 2 is 1.94 bits per heavy atom. The first-order valence-electron chi connectivity index (χ1n) is 5.69. The van der Waals surface area contributed by atoms with Gasteiger partial charge in [-0.2, -0.15) is 0 Å². The molecule has 0 saturated carbocycles. The van der Waals surface area contributed by atoms with E-state index in [2.05, 4.69) is 0 Å². The Bertz CT molecular complexity index is 349. The van der Waals surface area contributed by atoms with Crippen LogP contribution >= 0.6 is 0 Å². The van der Waals surface area contributed by atoms with Crippen molar-refractivity contribution in [1.29, 1.82) is 0 Å². The Morgan fingerprint density at radius 3 is 2.59 bits per heavy atom. The molecule has 1 aromatic rings. The average Bonchev–Trinajstić information content (AvgIpc) is 2.37. The van der Waals surface area contributed by atoms with Gasteiger partial charge in [0, 0.05) is 0 Å². The second-order valence-corrected chi connectivity index (χ2v) is 3.51. The predicted molar refractivity (Wildman–Crippen MR) is 64.4 cm³/mol. The largest absolute Gasteiger partial charge is 0.493 e. The van der Waals surface area contributed by atoms with Crippen LogP contribution in [0.25, 0.3) is 0 Å². The third kappa shape index (κ3) is 4.76. The smallest absolute Gasteiger partial charge is 0.344 e. The van der Waals surface area contributed by atoms with Crippen LogP contribution in [0.15, 0.2) is 24.3 Å². The number of unbranched alkanes of at least 4 members (excludes halogenated alkanes) is 1. The fourth-order valence-corrected chi connectivity index (χ4v) is 1.25. The summed E-state index contributed by atoms with van der Waals surface area (Å²) in [4.78, 5) is 11.3. The van der Waals surface area contributed by atoms with Crippen molar-refractivity contribution in [3.8, 4) is 11.5 Å². The molecule has 0 N–H and O–H groups in total. The Labute approximate surface area is 101 Å². The molecule has 0 unspecified atom stereocenters. The summed E-state index contributed by atoms with van der Waals surface area (Å²) in [6.07, 6.45) is 1.88. The van der Waals surface area contributed by atoms with Crippen LogP contribution in [0.5, 0.6) is 11.5 Å². The third-order valence-corrected chi connectivity index (χ3v) is 2.18. The molecule has 0 fully saturated rings. The maximum atomic E-state index is 11.3. The molecule has 0 aromatic heterocycles. The molecule has 4 nitrogen and oxygen atoms in total. The summed E-state index contributed by atoms with van der Waals surface area (Å²) in [6, 6.07) is 7.18. The number of ether oxygens (including phenoxy) is 3. The predicted octanol–water partition coefficient (Wildman–Crippen LogP) is 2.42. The highest BCUT2D eigenvalue weighted by Crippen LogP contribution is 2.25. The topological polar surface area (TPSA) is 44.8 Å². The van der Waals surface area contributed by atoms with Gasteiger partial charge in [-0.3, -0.25) is 0 Å². The van der Waals surface area contributed by atoms with Crippen molar-refractivity contribution >= 4 is 5.97 Å². The lowest BCUT2D eigenvalue weighted by Gasteiger charge is -2.09. The molecule has 0 bridgehead atoms. The minimum absolute atomic E-state index is 0.0932. The molecule has 0 aliphatic carbocycles. The zero-order valence-electron chi connectivity index (χ0n) is 10.3. The van der Waals surface area contributed by atoms with Gasteiger partial charge >= 0.3 is 5.97 Å². The number of hydrogen-bond acceptors (Lipinski definition) is 4. The van der Waals surface area contributed by atoms with Crippen molar-refractivity contribution in [2.45, 2.75) is 19.8 Å². The van der Waals surface area contributed by atoms with E-state index in [1.807, 2.05) is 19.1 Å². The molecule has 1 rings (SSSR count). The highest BCUT2D eigenvalue weighted by atomic mass is 16.6. The molecular weight excluding hydrogens is 220 g/mol. The number of esters is 1. The third-order valence-electron chi connectivity index (χ3n) is 2.18. The van der Waals surface area contributed by atoms with Crippen molar-refractivity contribution in [3.63, 3.8) is 0 Å². The van der Waals surface area contributed by atoms with Gasteiger partial charge in [-0.1, -0.05) is 25.5 Å². The van der Waals surface area contributed by atoms with E-state index in [9.17, 15) is 4.79 Å². The highest BCUT2D eigenvalue weighted by molar-refractivity contribution is 5.71. The molecule has 0 radical (unpaired) electrons. The Morgan fingerprint density at radius 1 is 1.24 bits per heavy atom. The van der Waals surface area contributed by atoms with Gasteiger partial charge in [0.1, 0.15) is 0 Å². The van der Waals surface area contributed by atoms with Crippen molar-refractivity contribution < 1.29 is 19.0 Å². The molecule has 0 heterocycles. The Hall–Kier alpha value is -1.71. The van der Waals surface area contributed by atoms with Crippen LogP contribution in [0.2, 0.25) is 0 Å². The van der Waals surface area contributed by atoms with Gasteiger partial charge in [-0.25, -0.2) is 4.79 Å². The van der Waals surface area contributed by atoms with Crippen molar-refractivity contribution in [1.82, 2.24) is 0 Å². The molecule has 1 aromatic carbocycles. The maximum absolute atomic E-state index is 11.3. The summed E-state index contributed by atoms with van der Waals surface area (Å²) in [5.41, 5.74) is 0. The molecule has 0 amide bonds. The first-order valence-corrected chi connectivity index (χ1v) is 5.69. The Kier molecular flexibility index (Phi) is 5.93. The van der Waals surface area contributed by atoms with E-state index < -0.39 is 0 Å². The maximum Gasteiger partial charge on any atom is 0.344 e. The summed E-state index contributed by atoms with van der Waals surface area (Å²) < 4.78 is 15.4. The van der Waals surface area contributed by atoms with Gasteiger partial charge in [0.15, 0.2) is 18.1 Å². The van der Waals surface area contributed by atoms with Gasteiger partial charge in [0.05, 0.1) is 13.7 Å². The second kappa shape index (κ2) is 7.54. The van der Waals surface area contributed by atoms with Crippen LogP contribution < -0.4 is 9.47 Å². The lowest BCUT2D eigenvalue weighted by molar-refractivity contribution is -0.146. The minimum atomic E-state index is -0.357. The fourth-order valence-electron chi connectivity index (χ4n) is 1.25. The standard InChI is InChI=1S/C13H18O4/c1-3-4-9-16-13(14)10-17-12-8-6-5-7-11(12)15-2/h5-8H,3-4,9-10H2,1-2H3. The number of rotatable bonds is 7. The molecule has 0 atom stereocenters. The summed E-state index contributed by atoms with van der Waals surface area (Å²) in [6.45, 7) is 2.40. The van der Waals surface area contributed by atoms with E-state index in [1.165, 1.54) is 0 Å². The zero-order valence-corrected chi connectivity index (χ0v) is 10.3. The van der Waals surface area contributed by atoms with E-state index in [0.29, 0.717) is 18.1 Å². The highest BCUT2D eigenvalue weighted by Gasteiger charge is 2.07.